The highest BCUT2D eigenvalue weighted by Gasteiger charge is 2.17. The van der Waals surface area contributed by atoms with Crippen LogP contribution in [0.2, 0.25) is 0 Å². The predicted molar refractivity (Wildman–Crippen MR) is 60.8 cm³/mol. The molecule has 0 amide bonds. The zero-order chi connectivity index (χ0) is 11.4. The number of nitrogens with zero attached hydrogens (tertiary/aromatic N) is 1. The molecule has 3 heteroatoms. The number of hydrogen-bond donors (Lipinski definition) is 2. The van der Waals surface area contributed by atoms with E-state index in [2.05, 4.69) is 0 Å². The minimum atomic E-state index is -0.528. The molecular formula is C12H19NO2. The van der Waals surface area contributed by atoms with E-state index in [1.807, 2.05) is 32.0 Å². The summed E-state index contributed by atoms with van der Waals surface area (Å²) in [5.41, 5.74) is 0.768. The lowest BCUT2D eigenvalue weighted by Crippen LogP contribution is -2.24. The Hall–Kier alpha value is -1.06. The van der Waals surface area contributed by atoms with Gasteiger partial charge in [-0.15, -0.1) is 0 Å². The van der Waals surface area contributed by atoms with Crippen LogP contribution >= 0.6 is 0 Å². The van der Waals surface area contributed by atoms with Crippen LogP contribution < -0.4 is 0 Å². The van der Waals surface area contributed by atoms with Gasteiger partial charge in [0.05, 0.1) is 6.10 Å². The van der Waals surface area contributed by atoms with Gasteiger partial charge in [0.2, 0.25) is 0 Å². The molecule has 0 aliphatic carbocycles. The molecule has 1 aromatic carbocycles. The quantitative estimate of drug-likeness (QED) is 0.792. The molecule has 0 aliphatic heterocycles. The Balaban J connectivity index is 2.71. The SMILES string of the molecule is C[C@@H](CN(C)C)C(O)c1cccc(O)c1. The summed E-state index contributed by atoms with van der Waals surface area (Å²) < 4.78 is 0. The fourth-order valence-electron chi connectivity index (χ4n) is 1.71. The first kappa shape index (κ1) is 12.0. The minimum absolute atomic E-state index is 0.141. The van der Waals surface area contributed by atoms with E-state index in [9.17, 15) is 10.2 Å². The van der Waals surface area contributed by atoms with Crippen LogP contribution in [0.5, 0.6) is 5.75 Å². The maximum atomic E-state index is 10.0. The molecule has 1 unspecified atom stereocenters. The van der Waals surface area contributed by atoms with Crippen LogP contribution in [0.25, 0.3) is 0 Å². The van der Waals surface area contributed by atoms with Crippen molar-refractivity contribution in [1.82, 2.24) is 4.90 Å². The van der Waals surface area contributed by atoms with Gasteiger partial charge in [-0.1, -0.05) is 19.1 Å². The van der Waals surface area contributed by atoms with Crippen molar-refractivity contribution in [3.63, 3.8) is 0 Å². The van der Waals surface area contributed by atoms with Gasteiger partial charge in [-0.25, -0.2) is 0 Å². The molecule has 1 aromatic rings. The third-order valence-corrected chi connectivity index (χ3v) is 2.40. The Kier molecular flexibility index (Phi) is 4.12. The minimum Gasteiger partial charge on any atom is -0.508 e. The van der Waals surface area contributed by atoms with Crippen LogP contribution in [0, 0.1) is 5.92 Å². The molecule has 0 spiro atoms. The van der Waals surface area contributed by atoms with Crippen molar-refractivity contribution in [2.75, 3.05) is 20.6 Å². The molecule has 2 N–H and O–H groups in total. The van der Waals surface area contributed by atoms with Crippen LogP contribution in [-0.2, 0) is 0 Å². The van der Waals surface area contributed by atoms with Crippen molar-refractivity contribution in [1.29, 1.82) is 0 Å². The zero-order valence-electron chi connectivity index (χ0n) is 9.51. The second kappa shape index (κ2) is 5.14. The predicted octanol–water partition coefficient (Wildman–Crippen LogP) is 1.62. The van der Waals surface area contributed by atoms with E-state index in [4.69, 9.17) is 0 Å². The number of aliphatic hydroxyl groups excluding tert-OH is 1. The second-order valence-electron chi connectivity index (χ2n) is 4.28. The monoisotopic (exact) mass is 209 g/mol. The molecule has 0 radical (unpaired) electrons. The van der Waals surface area contributed by atoms with E-state index in [-0.39, 0.29) is 11.7 Å². The summed E-state index contributed by atoms with van der Waals surface area (Å²) in [4.78, 5) is 2.04. The van der Waals surface area contributed by atoms with E-state index in [1.54, 1.807) is 18.2 Å². The fraction of sp³-hybridized carbons (Fsp3) is 0.500. The Bertz CT molecular complexity index is 312. The average Bonchev–Trinajstić information content (AvgIpc) is 2.15. The van der Waals surface area contributed by atoms with Gasteiger partial charge in [0.1, 0.15) is 5.75 Å². The number of phenolic OH excluding ortho intramolecular Hbond substituents is 1. The molecule has 1 rings (SSSR count). The highest BCUT2D eigenvalue weighted by Crippen LogP contribution is 2.24. The van der Waals surface area contributed by atoms with Crippen LogP contribution in [0.1, 0.15) is 18.6 Å². The number of rotatable bonds is 4. The summed E-state index contributed by atoms with van der Waals surface area (Å²) in [6.07, 6.45) is -0.528. The molecule has 84 valence electrons. The van der Waals surface area contributed by atoms with Gasteiger partial charge in [-0.3, -0.25) is 0 Å². The normalized spacial score (nSPS) is 15.3. The molecule has 0 bridgehead atoms. The average molecular weight is 209 g/mol. The van der Waals surface area contributed by atoms with Crippen LogP contribution in [0.15, 0.2) is 24.3 Å². The smallest absolute Gasteiger partial charge is 0.115 e. The Morgan fingerprint density at radius 3 is 2.53 bits per heavy atom. The molecule has 0 heterocycles. The third kappa shape index (κ3) is 3.53. The number of hydrogen-bond acceptors (Lipinski definition) is 3. The first-order valence-electron chi connectivity index (χ1n) is 5.12. The molecular weight excluding hydrogens is 190 g/mol. The van der Waals surface area contributed by atoms with Crippen molar-refractivity contribution in [3.05, 3.63) is 29.8 Å². The van der Waals surface area contributed by atoms with Crippen molar-refractivity contribution >= 4 is 0 Å². The van der Waals surface area contributed by atoms with Crippen LogP contribution in [-0.4, -0.2) is 35.8 Å². The first-order chi connectivity index (χ1) is 7.00. The summed E-state index contributed by atoms with van der Waals surface area (Å²) >= 11 is 0. The summed E-state index contributed by atoms with van der Waals surface area (Å²) in [7, 11) is 3.96. The molecule has 0 fully saturated rings. The summed E-state index contributed by atoms with van der Waals surface area (Å²) in [6, 6.07) is 6.79. The van der Waals surface area contributed by atoms with Crippen molar-refractivity contribution in [2.45, 2.75) is 13.0 Å². The van der Waals surface area contributed by atoms with Gasteiger partial charge < -0.3 is 15.1 Å². The maximum Gasteiger partial charge on any atom is 0.115 e. The number of aliphatic hydroxyl groups is 1. The van der Waals surface area contributed by atoms with E-state index in [0.29, 0.717) is 0 Å². The summed E-state index contributed by atoms with van der Waals surface area (Å²) in [5.74, 6) is 0.338. The lowest BCUT2D eigenvalue weighted by atomic mass is 9.97. The van der Waals surface area contributed by atoms with Crippen LogP contribution in [0.3, 0.4) is 0 Å². The Morgan fingerprint density at radius 1 is 1.33 bits per heavy atom. The highest BCUT2D eigenvalue weighted by atomic mass is 16.3. The lowest BCUT2D eigenvalue weighted by Gasteiger charge is -2.22. The van der Waals surface area contributed by atoms with Crippen molar-refractivity contribution in [2.24, 2.45) is 5.92 Å². The molecule has 3 nitrogen and oxygen atoms in total. The molecule has 0 aliphatic rings. The van der Waals surface area contributed by atoms with E-state index in [1.165, 1.54) is 0 Å². The molecule has 15 heavy (non-hydrogen) atoms. The Morgan fingerprint density at radius 2 is 2.00 bits per heavy atom. The third-order valence-electron chi connectivity index (χ3n) is 2.40. The zero-order valence-corrected chi connectivity index (χ0v) is 9.51. The fourth-order valence-corrected chi connectivity index (χ4v) is 1.71. The Labute approximate surface area is 91.0 Å². The van der Waals surface area contributed by atoms with Gasteiger partial charge in [0.25, 0.3) is 0 Å². The largest absolute Gasteiger partial charge is 0.508 e. The lowest BCUT2D eigenvalue weighted by molar-refractivity contribution is 0.100. The molecule has 0 saturated carbocycles. The number of benzene rings is 1. The van der Waals surface area contributed by atoms with E-state index in [0.717, 1.165) is 12.1 Å². The molecule has 0 aromatic heterocycles. The summed E-state index contributed by atoms with van der Waals surface area (Å²) in [6.45, 7) is 2.81. The second-order valence-corrected chi connectivity index (χ2v) is 4.28. The maximum absolute atomic E-state index is 10.0. The van der Waals surface area contributed by atoms with Gasteiger partial charge in [0.15, 0.2) is 0 Å². The first-order valence-corrected chi connectivity index (χ1v) is 5.12. The van der Waals surface area contributed by atoms with E-state index < -0.39 is 6.10 Å². The van der Waals surface area contributed by atoms with Gasteiger partial charge >= 0.3 is 0 Å². The topological polar surface area (TPSA) is 43.7 Å². The molecule has 0 saturated heterocycles. The van der Waals surface area contributed by atoms with E-state index >= 15 is 0 Å². The van der Waals surface area contributed by atoms with Gasteiger partial charge in [-0.2, -0.15) is 0 Å². The number of aromatic hydroxyl groups is 1. The van der Waals surface area contributed by atoms with Gasteiger partial charge in [0, 0.05) is 6.54 Å². The van der Waals surface area contributed by atoms with Crippen LogP contribution in [0.4, 0.5) is 0 Å². The standard InChI is InChI=1S/C12H19NO2/c1-9(8-13(2)3)12(15)10-5-4-6-11(14)7-10/h4-7,9,12,14-15H,8H2,1-3H3/t9-,12?/m0/s1. The van der Waals surface area contributed by atoms with Crippen molar-refractivity contribution < 1.29 is 10.2 Å². The highest BCUT2D eigenvalue weighted by molar-refractivity contribution is 5.28. The summed E-state index contributed by atoms with van der Waals surface area (Å²) in [5, 5.41) is 19.3. The number of phenols is 1. The molecule has 2 atom stereocenters. The van der Waals surface area contributed by atoms with Crippen molar-refractivity contribution in [3.8, 4) is 5.75 Å². The van der Waals surface area contributed by atoms with Gasteiger partial charge in [-0.05, 0) is 37.7 Å².